The van der Waals surface area contributed by atoms with E-state index in [1.165, 1.54) is 11.3 Å². The predicted molar refractivity (Wildman–Crippen MR) is 69.5 cm³/mol. The fourth-order valence-corrected chi connectivity index (χ4v) is 3.51. The van der Waals surface area contributed by atoms with Gasteiger partial charge in [-0.05, 0) is 35.0 Å². The molecule has 0 aromatic carbocycles. The summed E-state index contributed by atoms with van der Waals surface area (Å²) in [4.78, 5) is 13.8. The molecule has 0 amide bonds. The number of hydrogen-bond acceptors (Lipinski definition) is 3. The highest BCUT2D eigenvalue weighted by Crippen LogP contribution is 2.33. The average Bonchev–Trinajstić information content (AvgIpc) is 2.74. The van der Waals surface area contributed by atoms with Crippen molar-refractivity contribution in [3.8, 4) is 0 Å². The SMILES string of the molecule is Cc1cc(C(=O)c2cc(Br)c(Cl)s2)cs1. The van der Waals surface area contributed by atoms with Gasteiger partial charge in [-0.2, -0.15) is 0 Å². The molecule has 1 nitrogen and oxygen atoms in total. The molecule has 2 rings (SSSR count). The van der Waals surface area contributed by atoms with Gasteiger partial charge in [0.15, 0.2) is 0 Å². The summed E-state index contributed by atoms with van der Waals surface area (Å²) in [5.74, 6) is 0.0388. The van der Waals surface area contributed by atoms with Crippen molar-refractivity contribution in [2.45, 2.75) is 6.92 Å². The molecule has 0 saturated heterocycles. The van der Waals surface area contributed by atoms with Gasteiger partial charge in [0.2, 0.25) is 5.78 Å². The van der Waals surface area contributed by atoms with Crippen molar-refractivity contribution in [3.05, 3.63) is 41.6 Å². The van der Waals surface area contributed by atoms with Gasteiger partial charge in [-0.1, -0.05) is 11.6 Å². The van der Waals surface area contributed by atoms with E-state index in [0.717, 1.165) is 14.9 Å². The van der Waals surface area contributed by atoms with Gasteiger partial charge in [-0.3, -0.25) is 4.79 Å². The summed E-state index contributed by atoms with van der Waals surface area (Å²) in [6, 6.07) is 3.66. The Morgan fingerprint density at radius 1 is 1.47 bits per heavy atom. The first kappa shape index (κ1) is 11.3. The molecule has 0 aliphatic heterocycles. The number of thiophene rings is 2. The van der Waals surface area contributed by atoms with Crippen LogP contribution in [0.15, 0.2) is 22.0 Å². The van der Waals surface area contributed by atoms with Crippen molar-refractivity contribution in [3.63, 3.8) is 0 Å². The van der Waals surface area contributed by atoms with Crippen LogP contribution in [-0.2, 0) is 0 Å². The van der Waals surface area contributed by atoms with Gasteiger partial charge in [0, 0.05) is 20.3 Å². The number of rotatable bonds is 2. The smallest absolute Gasteiger partial charge is 0.203 e. The van der Waals surface area contributed by atoms with Crippen LogP contribution in [0.1, 0.15) is 20.1 Å². The molecule has 0 atom stereocenters. The molecule has 0 unspecified atom stereocenters. The van der Waals surface area contributed by atoms with Gasteiger partial charge in [-0.25, -0.2) is 0 Å². The number of halogens is 2. The lowest BCUT2D eigenvalue weighted by atomic mass is 10.2. The number of aryl methyl sites for hydroxylation is 1. The molecule has 0 spiro atoms. The minimum Gasteiger partial charge on any atom is -0.288 e. The summed E-state index contributed by atoms with van der Waals surface area (Å²) in [5, 5.41) is 1.87. The van der Waals surface area contributed by atoms with E-state index in [2.05, 4.69) is 15.9 Å². The normalized spacial score (nSPS) is 10.6. The van der Waals surface area contributed by atoms with E-state index in [-0.39, 0.29) is 5.78 Å². The molecule has 0 bridgehead atoms. The summed E-state index contributed by atoms with van der Waals surface area (Å²) in [6.45, 7) is 1.98. The van der Waals surface area contributed by atoms with Crippen molar-refractivity contribution in [2.24, 2.45) is 0 Å². The van der Waals surface area contributed by atoms with E-state index >= 15 is 0 Å². The second-order valence-corrected chi connectivity index (χ2v) is 6.63. The summed E-state index contributed by atoms with van der Waals surface area (Å²) in [7, 11) is 0. The van der Waals surface area contributed by atoms with Gasteiger partial charge < -0.3 is 0 Å². The molecule has 2 heterocycles. The van der Waals surface area contributed by atoms with Crippen LogP contribution < -0.4 is 0 Å². The van der Waals surface area contributed by atoms with Crippen LogP contribution in [0, 0.1) is 6.92 Å². The van der Waals surface area contributed by atoms with Crippen molar-refractivity contribution in [2.75, 3.05) is 0 Å². The Morgan fingerprint density at radius 3 is 2.67 bits per heavy atom. The minimum absolute atomic E-state index is 0.0388. The molecule has 78 valence electrons. The highest BCUT2D eigenvalue weighted by molar-refractivity contribution is 9.10. The molecule has 0 fully saturated rings. The fraction of sp³-hybridized carbons (Fsp3) is 0.100. The molecule has 5 heteroatoms. The lowest BCUT2D eigenvalue weighted by Crippen LogP contribution is -1.95. The van der Waals surface area contributed by atoms with Crippen LogP contribution in [0.3, 0.4) is 0 Å². The quantitative estimate of drug-likeness (QED) is 0.729. The van der Waals surface area contributed by atoms with E-state index in [4.69, 9.17) is 11.6 Å². The van der Waals surface area contributed by atoms with Gasteiger partial charge in [0.05, 0.1) is 4.88 Å². The maximum atomic E-state index is 12.0. The second kappa shape index (κ2) is 4.37. The minimum atomic E-state index is 0.0388. The van der Waals surface area contributed by atoms with Crippen LogP contribution in [0.4, 0.5) is 0 Å². The molecule has 0 N–H and O–H groups in total. The third-order valence-electron chi connectivity index (χ3n) is 1.86. The molecule has 15 heavy (non-hydrogen) atoms. The largest absolute Gasteiger partial charge is 0.288 e. The molecule has 0 saturated carbocycles. The number of ketones is 1. The van der Waals surface area contributed by atoms with Gasteiger partial charge in [0.1, 0.15) is 4.34 Å². The van der Waals surface area contributed by atoms with Crippen LogP contribution in [0.25, 0.3) is 0 Å². The van der Waals surface area contributed by atoms with E-state index in [1.807, 2.05) is 18.4 Å². The van der Waals surface area contributed by atoms with Crippen LogP contribution in [0.2, 0.25) is 4.34 Å². The Hall–Kier alpha value is -0.160. The number of carbonyl (C=O) groups excluding carboxylic acids is 1. The summed E-state index contributed by atoms with van der Waals surface area (Å²) < 4.78 is 1.40. The summed E-state index contributed by atoms with van der Waals surface area (Å²) >= 11 is 12.1. The number of hydrogen-bond donors (Lipinski definition) is 0. The zero-order chi connectivity index (χ0) is 11.0. The Kier molecular flexibility index (Phi) is 3.30. The second-order valence-electron chi connectivity index (χ2n) is 3.01. The van der Waals surface area contributed by atoms with Crippen molar-refractivity contribution in [1.29, 1.82) is 0 Å². The zero-order valence-electron chi connectivity index (χ0n) is 7.71. The van der Waals surface area contributed by atoms with Crippen LogP contribution in [-0.4, -0.2) is 5.78 Å². The van der Waals surface area contributed by atoms with E-state index in [0.29, 0.717) is 9.21 Å². The lowest BCUT2D eigenvalue weighted by Gasteiger charge is -1.91. The number of carbonyl (C=O) groups is 1. The Labute approximate surface area is 109 Å². The van der Waals surface area contributed by atoms with Crippen LogP contribution in [0.5, 0.6) is 0 Å². The fourth-order valence-electron chi connectivity index (χ4n) is 1.16. The first-order valence-corrected chi connectivity index (χ1v) is 6.99. The lowest BCUT2D eigenvalue weighted by molar-refractivity contribution is 0.104. The summed E-state index contributed by atoms with van der Waals surface area (Å²) in [6.07, 6.45) is 0. The molecular weight excluding hydrogens is 316 g/mol. The first-order valence-electron chi connectivity index (χ1n) is 4.12. The molecule has 2 aromatic rings. The van der Waals surface area contributed by atoms with Crippen molar-refractivity contribution < 1.29 is 4.79 Å². The van der Waals surface area contributed by atoms with Gasteiger partial charge >= 0.3 is 0 Å². The summed E-state index contributed by atoms with van der Waals surface area (Å²) in [5.41, 5.74) is 0.739. The highest BCUT2D eigenvalue weighted by Gasteiger charge is 2.15. The predicted octanol–water partition coefficient (Wildman–Crippen LogP) is 4.76. The van der Waals surface area contributed by atoms with E-state index < -0.39 is 0 Å². The van der Waals surface area contributed by atoms with Crippen molar-refractivity contribution in [1.82, 2.24) is 0 Å². The molecule has 0 aliphatic rings. The first-order chi connectivity index (χ1) is 7.08. The van der Waals surface area contributed by atoms with Crippen molar-refractivity contribution >= 4 is 56.0 Å². The van der Waals surface area contributed by atoms with Gasteiger partial charge in [-0.15, -0.1) is 22.7 Å². The molecule has 0 radical (unpaired) electrons. The molecular formula is C10H6BrClOS2. The monoisotopic (exact) mass is 320 g/mol. The zero-order valence-corrected chi connectivity index (χ0v) is 11.7. The third kappa shape index (κ3) is 2.33. The van der Waals surface area contributed by atoms with Gasteiger partial charge in [0.25, 0.3) is 0 Å². The topological polar surface area (TPSA) is 17.1 Å². The van der Waals surface area contributed by atoms with Crippen LogP contribution >= 0.6 is 50.2 Å². The molecule has 2 aromatic heterocycles. The molecule has 0 aliphatic carbocycles. The Morgan fingerprint density at radius 2 is 2.20 bits per heavy atom. The van der Waals surface area contributed by atoms with E-state index in [9.17, 15) is 4.79 Å². The maximum absolute atomic E-state index is 12.0. The Bertz CT molecular complexity index is 496. The third-order valence-corrected chi connectivity index (χ3v) is 5.20. The standard InChI is InChI=1S/C10H6BrClOS2/c1-5-2-6(4-14-5)9(13)8-3-7(11)10(12)15-8/h2-4H,1H3. The maximum Gasteiger partial charge on any atom is 0.203 e. The van der Waals surface area contributed by atoms with E-state index in [1.54, 1.807) is 17.4 Å². The highest BCUT2D eigenvalue weighted by atomic mass is 79.9. The Balaban J connectivity index is 2.36. The average molecular weight is 322 g/mol.